The third-order valence-corrected chi connectivity index (χ3v) is 3.12. The summed E-state index contributed by atoms with van der Waals surface area (Å²) in [5, 5.41) is 3.07. The summed E-state index contributed by atoms with van der Waals surface area (Å²) >= 11 is 6.04. The van der Waals surface area contributed by atoms with Gasteiger partial charge in [-0.1, -0.05) is 30.7 Å². The zero-order valence-electron chi connectivity index (χ0n) is 10.2. The second kappa shape index (κ2) is 5.82. The molecule has 0 aliphatic rings. The van der Waals surface area contributed by atoms with Crippen molar-refractivity contribution in [1.29, 1.82) is 0 Å². The van der Waals surface area contributed by atoms with E-state index < -0.39 is 6.04 Å². The molecule has 0 spiro atoms. The Labute approximate surface area is 106 Å². The number of hydrogen-bond acceptors (Lipinski definition) is 2. The lowest BCUT2D eigenvalue weighted by Crippen LogP contribution is -2.38. The molecule has 1 aromatic rings. The van der Waals surface area contributed by atoms with Crippen molar-refractivity contribution in [2.75, 3.05) is 0 Å². The van der Waals surface area contributed by atoms with Crippen molar-refractivity contribution in [1.82, 2.24) is 5.32 Å². The second-order valence-electron chi connectivity index (χ2n) is 3.95. The number of amides is 1. The van der Waals surface area contributed by atoms with E-state index in [9.17, 15) is 9.59 Å². The van der Waals surface area contributed by atoms with Gasteiger partial charge in [0, 0.05) is 6.42 Å². The fraction of sp³-hybridized carbons (Fsp3) is 0.385. The van der Waals surface area contributed by atoms with Crippen LogP contribution < -0.4 is 5.32 Å². The average molecular weight is 254 g/mol. The molecule has 0 heterocycles. The van der Waals surface area contributed by atoms with Gasteiger partial charge in [0.25, 0.3) is 5.91 Å². The Hall–Kier alpha value is -1.35. The fourth-order valence-electron chi connectivity index (χ4n) is 1.48. The minimum absolute atomic E-state index is 0.00197. The molecule has 4 heteroatoms. The molecule has 1 unspecified atom stereocenters. The van der Waals surface area contributed by atoms with E-state index in [1.165, 1.54) is 0 Å². The Morgan fingerprint density at radius 1 is 1.41 bits per heavy atom. The first-order chi connectivity index (χ1) is 7.97. The molecule has 92 valence electrons. The summed E-state index contributed by atoms with van der Waals surface area (Å²) < 4.78 is 0. The Morgan fingerprint density at radius 2 is 2.06 bits per heavy atom. The third-order valence-electron chi connectivity index (χ3n) is 2.62. The van der Waals surface area contributed by atoms with Crippen LogP contribution in [0.3, 0.4) is 0 Å². The summed E-state index contributed by atoms with van der Waals surface area (Å²) in [5.41, 5.74) is 1.25. The van der Waals surface area contributed by atoms with Crippen LogP contribution in [-0.2, 0) is 4.79 Å². The number of halogens is 1. The quantitative estimate of drug-likeness (QED) is 0.897. The normalized spacial score (nSPS) is 12.0. The van der Waals surface area contributed by atoms with E-state index in [1.807, 2.05) is 13.0 Å². The highest BCUT2D eigenvalue weighted by Crippen LogP contribution is 2.20. The Balaban J connectivity index is 2.84. The molecule has 0 fully saturated rings. The van der Waals surface area contributed by atoms with Crippen molar-refractivity contribution in [3.63, 3.8) is 0 Å². The van der Waals surface area contributed by atoms with Crippen LogP contribution in [0.25, 0.3) is 0 Å². The smallest absolute Gasteiger partial charge is 0.253 e. The van der Waals surface area contributed by atoms with Crippen molar-refractivity contribution in [3.8, 4) is 0 Å². The molecule has 0 bridgehead atoms. The van der Waals surface area contributed by atoms with Crippen LogP contribution >= 0.6 is 11.6 Å². The topological polar surface area (TPSA) is 46.2 Å². The van der Waals surface area contributed by atoms with E-state index in [-0.39, 0.29) is 11.7 Å². The van der Waals surface area contributed by atoms with Crippen molar-refractivity contribution in [2.45, 2.75) is 33.2 Å². The highest BCUT2D eigenvalue weighted by atomic mass is 35.5. The van der Waals surface area contributed by atoms with Crippen LogP contribution in [-0.4, -0.2) is 17.7 Å². The van der Waals surface area contributed by atoms with Gasteiger partial charge in [-0.25, -0.2) is 0 Å². The van der Waals surface area contributed by atoms with E-state index >= 15 is 0 Å². The van der Waals surface area contributed by atoms with Crippen LogP contribution in [0.4, 0.5) is 0 Å². The number of carbonyl (C=O) groups is 2. The molecular weight excluding hydrogens is 238 g/mol. The van der Waals surface area contributed by atoms with E-state index in [4.69, 9.17) is 11.6 Å². The summed E-state index contributed by atoms with van der Waals surface area (Å²) in [4.78, 5) is 23.3. The van der Waals surface area contributed by atoms with Gasteiger partial charge < -0.3 is 5.32 Å². The summed E-state index contributed by atoms with van der Waals surface area (Å²) in [7, 11) is 0. The van der Waals surface area contributed by atoms with Crippen molar-refractivity contribution < 1.29 is 9.59 Å². The maximum absolute atomic E-state index is 11.9. The lowest BCUT2D eigenvalue weighted by atomic mass is 10.1. The molecule has 1 atom stereocenters. The van der Waals surface area contributed by atoms with Gasteiger partial charge in [0.15, 0.2) is 5.78 Å². The summed E-state index contributed by atoms with van der Waals surface area (Å²) in [6.45, 7) is 5.28. The van der Waals surface area contributed by atoms with Crippen LogP contribution in [0.5, 0.6) is 0 Å². The molecule has 17 heavy (non-hydrogen) atoms. The number of aryl methyl sites for hydroxylation is 1. The van der Waals surface area contributed by atoms with Crippen LogP contribution in [0.15, 0.2) is 18.2 Å². The van der Waals surface area contributed by atoms with Crippen LogP contribution in [0.2, 0.25) is 5.02 Å². The maximum atomic E-state index is 11.9. The molecule has 1 rings (SSSR count). The summed E-state index contributed by atoms with van der Waals surface area (Å²) in [5.74, 6) is -0.310. The molecule has 1 N–H and O–H groups in total. The number of rotatable bonds is 4. The average Bonchev–Trinajstić information content (AvgIpc) is 2.31. The van der Waals surface area contributed by atoms with Gasteiger partial charge >= 0.3 is 0 Å². The van der Waals surface area contributed by atoms with Crippen LogP contribution in [0, 0.1) is 6.92 Å². The highest BCUT2D eigenvalue weighted by Gasteiger charge is 2.17. The van der Waals surface area contributed by atoms with Crippen molar-refractivity contribution >= 4 is 23.3 Å². The summed E-state index contributed by atoms with van der Waals surface area (Å²) in [6.07, 6.45) is 0.406. The van der Waals surface area contributed by atoms with Gasteiger partial charge in [-0.3, -0.25) is 9.59 Å². The molecule has 0 radical (unpaired) electrons. The standard InChI is InChI=1S/C13H16ClNO2/c1-4-11(16)9(3)15-13(17)10-7-5-6-8(2)12(10)14/h5-7,9H,4H2,1-3H3,(H,15,17). The number of hydrogen-bond donors (Lipinski definition) is 1. The van der Waals surface area contributed by atoms with Gasteiger partial charge in [0.05, 0.1) is 16.6 Å². The Morgan fingerprint density at radius 3 is 2.65 bits per heavy atom. The van der Waals surface area contributed by atoms with E-state index in [1.54, 1.807) is 26.0 Å². The number of carbonyl (C=O) groups excluding carboxylic acids is 2. The minimum atomic E-state index is -0.482. The number of Topliss-reactive ketones (excluding diaryl/α,β-unsaturated/α-hetero) is 1. The lowest BCUT2D eigenvalue weighted by Gasteiger charge is -2.13. The first-order valence-electron chi connectivity index (χ1n) is 5.56. The maximum Gasteiger partial charge on any atom is 0.253 e. The molecule has 0 saturated heterocycles. The van der Waals surface area contributed by atoms with Crippen molar-refractivity contribution in [2.24, 2.45) is 0 Å². The minimum Gasteiger partial charge on any atom is -0.342 e. The largest absolute Gasteiger partial charge is 0.342 e. The Kier molecular flexibility index (Phi) is 4.70. The predicted octanol–water partition coefficient (Wildman–Crippen LogP) is 2.75. The molecular formula is C13H16ClNO2. The van der Waals surface area contributed by atoms with E-state index in [0.29, 0.717) is 17.0 Å². The predicted molar refractivity (Wildman–Crippen MR) is 68.4 cm³/mol. The molecule has 0 aliphatic heterocycles. The molecule has 3 nitrogen and oxygen atoms in total. The van der Waals surface area contributed by atoms with Gasteiger partial charge in [0.1, 0.15) is 0 Å². The zero-order valence-corrected chi connectivity index (χ0v) is 11.0. The van der Waals surface area contributed by atoms with Gasteiger partial charge in [-0.15, -0.1) is 0 Å². The Bertz CT molecular complexity index is 443. The number of nitrogens with one attached hydrogen (secondary N) is 1. The van der Waals surface area contributed by atoms with Gasteiger partial charge in [-0.2, -0.15) is 0 Å². The molecule has 0 saturated carbocycles. The highest BCUT2D eigenvalue weighted by molar-refractivity contribution is 6.34. The molecule has 1 amide bonds. The van der Waals surface area contributed by atoms with Crippen LogP contribution in [0.1, 0.15) is 36.2 Å². The number of benzene rings is 1. The molecule has 1 aromatic carbocycles. The molecule has 0 aromatic heterocycles. The first-order valence-corrected chi connectivity index (χ1v) is 5.93. The second-order valence-corrected chi connectivity index (χ2v) is 4.33. The lowest BCUT2D eigenvalue weighted by molar-refractivity contribution is -0.120. The van der Waals surface area contributed by atoms with Crippen molar-refractivity contribution in [3.05, 3.63) is 34.3 Å². The monoisotopic (exact) mass is 253 g/mol. The third kappa shape index (κ3) is 3.30. The van der Waals surface area contributed by atoms with Gasteiger partial charge in [-0.05, 0) is 25.5 Å². The van der Waals surface area contributed by atoms with E-state index in [0.717, 1.165) is 5.56 Å². The number of ketones is 1. The van der Waals surface area contributed by atoms with E-state index in [2.05, 4.69) is 5.32 Å². The van der Waals surface area contributed by atoms with Gasteiger partial charge in [0.2, 0.25) is 0 Å². The SMILES string of the molecule is CCC(=O)C(C)NC(=O)c1cccc(C)c1Cl. The zero-order chi connectivity index (χ0) is 13.0. The fourth-order valence-corrected chi connectivity index (χ4v) is 1.70. The summed E-state index contributed by atoms with van der Waals surface area (Å²) in [6, 6.07) is 4.76. The molecule has 0 aliphatic carbocycles. The first kappa shape index (κ1) is 13.7.